The van der Waals surface area contributed by atoms with Crippen molar-refractivity contribution in [3.05, 3.63) is 52.6 Å². The van der Waals surface area contributed by atoms with E-state index in [0.29, 0.717) is 43.8 Å². The lowest BCUT2D eigenvalue weighted by Gasteiger charge is -2.34. The number of nitrogens with one attached hydrogen (secondary N) is 4. The van der Waals surface area contributed by atoms with Gasteiger partial charge < -0.3 is 40.7 Å². The Morgan fingerprint density at radius 2 is 1.87 bits per heavy atom. The minimum atomic E-state index is -2.00. The van der Waals surface area contributed by atoms with Gasteiger partial charge in [0.05, 0.1) is 0 Å². The van der Waals surface area contributed by atoms with Crippen molar-refractivity contribution in [3.8, 4) is 0 Å². The Morgan fingerprint density at radius 1 is 1.13 bits per heavy atom. The SMILES string of the molecule is CC(CCCO)C[C@@H]1NC(=O)[C@@H](N(C)C(=O)[C@H](O)NC(=O)OC(C)(C)C)C/C=C/CCCCNC(=O)[C@H](Cc2cc(Cl)ccc2C2=CCNCC2)N(C)C1=O. The van der Waals surface area contributed by atoms with Crippen LogP contribution in [0, 0.1) is 5.92 Å². The lowest BCUT2D eigenvalue weighted by atomic mass is 9.91. The first kappa shape index (κ1) is 45.4. The van der Waals surface area contributed by atoms with E-state index in [1.165, 1.54) is 11.9 Å². The van der Waals surface area contributed by atoms with Gasteiger partial charge in [0.2, 0.25) is 23.9 Å². The molecule has 2 aliphatic rings. The van der Waals surface area contributed by atoms with Crippen LogP contribution in [0.25, 0.3) is 5.57 Å². The molecule has 0 spiro atoms. The summed E-state index contributed by atoms with van der Waals surface area (Å²) in [6, 6.07) is 2.35. The van der Waals surface area contributed by atoms with Crippen LogP contribution < -0.4 is 21.3 Å². The number of amides is 5. The minimum Gasteiger partial charge on any atom is -0.444 e. The second-order valence-electron chi connectivity index (χ2n) is 15.4. The van der Waals surface area contributed by atoms with E-state index < -0.39 is 53.8 Å². The summed E-state index contributed by atoms with van der Waals surface area (Å²) < 4.78 is 5.17. The Morgan fingerprint density at radius 3 is 2.55 bits per heavy atom. The molecule has 1 unspecified atom stereocenters. The highest BCUT2D eigenvalue weighted by molar-refractivity contribution is 6.30. The van der Waals surface area contributed by atoms with E-state index in [1.54, 1.807) is 33.9 Å². The highest BCUT2D eigenvalue weighted by Crippen LogP contribution is 2.28. The maximum absolute atomic E-state index is 14.6. The van der Waals surface area contributed by atoms with Crippen LogP contribution in [0.5, 0.6) is 0 Å². The van der Waals surface area contributed by atoms with Gasteiger partial charge in [0, 0.05) is 45.2 Å². The van der Waals surface area contributed by atoms with Gasteiger partial charge in [0.1, 0.15) is 23.7 Å². The molecule has 0 aliphatic carbocycles. The van der Waals surface area contributed by atoms with E-state index in [1.807, 2.05) is 31.2 Å². The molecule has 5 atom stereocenters. The number of hydrogen-bond acceptors (Lipinski definition) is 9. The smallest absolute Gasteiger partial charge is 0.410 e. The number of aliphatic hydroxyl groups is 2. The van der Waals surface area contributed by atoms with E-state index in [2.05, 4.69) is 27.3 Å². The van der Waals surface area contributed by atoms with Crippen LogP contribution in [0.4, 0.5) is 4.79 Å². The zero-order chi connectivity index (χ0) is 40.7. The first-order valence-corrected chi connectivity index (χ1v) is 19.6. The molecule has 2 aliphatic heterocycles. The molecule has 1 aromatic carbocycles. The van der Waals surface area contributed by atoms with Crippen LogP contribution in [-0.2, 0) is 30.3 Å². The Hall–Kier alpha value is -3.98. The summed E-state index contributed by atoms with van der Waals surface area (Å²) >= 11 is 6.50. The molecule has 2 heterocycles. The van der Waals surface area contributed by atoms with Crippen molar-refractivity contribution in [2.75, 3.05) is 40.3 Å². The molecule has 0 saturated carbocycles. The summed E-state index contributed by atoms with van der Waals surface area (Å²) in [5.74, 6) is -2.57. The van der Waals surface area contributed by atoms with Crippen LogP contribution in [0.15, 0.2) is 36.4 Å². The quantitative estimate of drug-likeness (QED) is 0.144. The van der Waals surface area contributed by atoms with Gasteiger partial charge in [-0.25, -0.2) is 4.79 Å². The fourth-order valence-electron chi connectivity index (χ4n) is 6.70. The van der Waals surface area contributed by atoms with Gasteiger partial charge in [-0.1, -0.05) is 42.8 Å². The van der Waals surface area contributed by atoms with Gasteiger partial charge in [0.15, 0.2) is 0 Å². The summed E-state index contributed by atoms with van der Waals surface area (Å²) in [5.41, 5.74) is 2.02. The summed E-state index contributed by atoms with van der Waals surface area (Å²) in [6.07, 6.45) is 7.07. The van der Waals surface area contributed by atoms with Crippen LogP contribution in [-0.4, -0.2) is 120 Å². The molecular formula is C40H61ClN6O8. The second kappa shape index (κ2) is 21.9. The molecule has 1 aromatic rings. The predicted molar refractivity (Wildman–Crippen MR) is 212 cm³/mol. The number of allylic oxidation sites excluding steroid dienone is 1. The third kappa shape index (κ3) is 14.6. The monoisotopic (exact) mass is 788 g/mol. The standard InChI is InChI=1S/C40H61ClN6O8/c1-26(13-12-22-48)23-31-37(52)47(6)33(25-28-24-29(41)15-16-30(28)27-17-20-42-21-18-27)34(49)43-19-11-9-7-8-10-14-32(35(50)44-31)46(5)38(53)36(51)45-39(54)55-40(2,3)4/h8,10,15-17,24,26,31-33,36,42,48,51H,7,9,11-14,18-23,25H2,1-6H3,(H,43,49)(H,44,50)(H,45,54)/b10-8+/t26?,31-,32-,33-,36-/m0/s1. The zero-order valence-corrected chi connectivity index (χ0v) is 33.9. The largest absolute Gasteiger partial charge is 0.444 e. The van der Waals surface area contributed by atoms with Gasteiger partial charge in [-0.2, -0.15) is 0 Å². The lowest BCUT2D eigenvalue weighted by Crippen LogP contribution is -2.59. The van der Waals surface area contributed by atoms with Crippen LogP contribution in [0.2, 0.25) is 5.02 Å². The molecule has 5 amide bonds. The molecular weight excluding hydrogens is 728 g/mol. The molecule has 15 heteroatoms. The predicted octanol–water partition coefficient (Wildman–Crippen LogP) is 3.29. The molecule has 6 N–H and O–H groups in total. The van der Waals surface area contributed by atoms with Gasteiger partial charge in [-0.15, -0.1) is 0 Å². The van der Waals surface area contributed by atoms with Crippen molar-refractivity contribution in [1.29, 1.82) is 0 Å². The number of alkyl carbamates (subject to hydrolysis) is 1. The van der Waals surface area contributed by atoms with E-state index in [9.17, 15) is 34.2 Å². The number of halogens is 1. The first-order chi connectivity index (χ1) is 26.0. The van der Waals surface area contributed by atoms with Crippen LogP contribution in [0.3, 0.4) is 0 Å². The Labute approximate surface area is 330 Å². The first-order valence-electron chi connectivity index (χ1n) is 19.3. The summed E-state index contributed by atoms with van der Waals surface area (Å²) in [5, 5.41) is 32.0. The Kier molecular flexibility index (Phi) is 18.1. The van der Waals surface area contributed by atoms with Crippen molar-refractivity contribution < 1.29 is 38.9 Å². The number of aliphatic hydroxyl groups excluding tert-OH is 2. The molecule has 0 saturated heterocycles. The summed E-state index contributed by atoms with van der Waals surface area (Å²) in [4.78, 5) is 70.9. The van der Waals surface area contributed by atoms with Crippen molar-refractivity contribution in [2.24, 2.45) is 5.92 Å². The topological polar surface area (TPSA) is 190 Å². The van der Waals surface area contributed by atoms with Gasteiger partial charge >= 0.3 is 6.09 Å². The summed E-state index contributed by atoms with van der Waals surface area (Å²) in [6.45, 7) is 8.71. The molecule has 0 bridgehead atoms. The number of rotatable bonds is 11. The van der Waals surface area contributed by atoms with E-state index in [-0.39, 0.29) is 37.7 Å². The molecule has 3 rings (SSSR count). The molecule has 0 fully saturated rings. The van der Waals surface area contributed by atoms with Crippen molar-refractivity contribution in [1.82, 2.24) is 31.1 Å². The normalized spacial score (nSPS) is 22.4. The van der Waals surface area contributed by atoms with Crippen LogP contribution in [0.1, 0.15) is 90.2 Å². The Balaban J connectivity index is 2.00. The van der Waals surface area contributed by atoms with Gasteiger partial charge in [-0.05, 0) is 113 Å². The van der Waals surface area contributed by atoms with E-state index in [0.717, 1.165) is 41.0 Å². The second-order valence-corrected chi connectivity index (χ2v) is 15.9. The van der Waals surface area contributed by atoms with Gasteiger partial charge in [0.25, 0.3) is 5.91 Å². The number of carbonyl (C=O) groups is 5. The average molecular weight is 789 g/mol. The van der Waals surface area contributed by atoms with E-state index >= 15 is 0 Å². The molecule has 55 heavy (non-hydrogen) atoms. The highest BCUT2D eigenvalue weighted by Gasteiger charge is 2.37. The lowest BCUT2D eigenvalue weighted by molar-refractivity contribution is -0.148. The average Bonchev–Trinajstić information content (AvgIpc) is 3.13. The Bertz CT molecular complexity index is 1550. The van der Waals surface area contributed by atoms with Gasteiger partial charge in [-0.3, -0.25) is 24.5 Å². The molecule has 0 aromatic heterocycles. The number of nitrogens with zero attached hydrogens (tertiary/aromatic N) is 2. The van der Waals surface area contributed by atoms with Crippen LogP contribution >= 0.6 is 11.6 Å². The van der Waals surface area contributed by atoms with Crippen molar-refractivity contribution >= 4 is 46.9 Å². The number of benzene rings is 1. The zero-order valence-electron chi connectivity index (χ0n) is 33.2. The number of ether oxygens (including phenoxy) is 1. The van der Waals surface area contributed by atoms with E-state index in [4.69, 9.17) is 16.3 Å². The number of carbonyl (C=O) groups excluding carboxylic acids is 5. The number of likely N-dealkylation sites (N-methyl/N-ethyl adjacent to an activating group) is 2. The molecule has 14 nitrogen and oxygen atoms in total. The molecule has 0 radical (unpaired) electrons. The maximum Gasteiger partial charge on any atom is 0.410 e. The summed E-state index contributed by atoms with van der Waals surface area (Å²) in [7, 11) is 2.89. The fourth-order valence-corrected chi connectivity index (χ4v) is 6.90. The number of hydrogen-bond donors (Lipinski definition) is 6. The third-order valence-electron chi connectivity index (χ3n) is 9.74. The minimum absolute atomic E-state index is 0.0348. The third-order valence-corrected chi connectivity index (χ3v) is 9.98. The fraction of sp³-hybridized carbons (Fsp3) is 0.625. The van der Waals surface area contributed by atoms with Crippen molar-refractivity contribution in [2.45, 2.75) is 115 Å². The maximum atomic E-state index is 14.6. The highest BCUT2D eigenvalue weighted by atomic mass is 35.5. The molecule has 306 valence electrons. The van der Waals surface area contributed by atoms with Crippen molar-refractivity contribution in [3.63, 3.8) is 0 Å².